The van der Waals surface area contributed by atoms with E-state index in [4.69, 9.17) is 0 Å². The van der Waals surface area contributed by atoms with Crippen LogP contribution in [0.5, 0.6) is 0 Å². The summed E-state index contributed by atoms with van der Waals surface area (Å²) < 4.78 is 0. The number of nitrogens with one attached hydrogen (secondary N) is 1. The van der Waals surface area contributed by atoms with Gasteiger partial charge in [0.2, 0.25) is 0 Å². The molecule has 0 bridgehead atoms. The fourth-order valence-corrected chi connectivity index (χ4v) is 2.72. The van der Waals surface area contributed by atoms with Crippen LogP contribution >= 0.6 is 0 Å². The number of Topliss-reactive ketones (excluding diaryl/α,β-unsaturated/α-hetero) is 1. The van der Waals surface area contributed by atoms with E-state index in [0.717, 1.165) is 42.1 Å². The number of aromatic nitrogens is 2. The Labute approximate surface area is 112 Å². The number of aromatic amines is 1. The first kappa shape index (κ1) is 12.4. The van der Waals surface area contributed by atoms with Gasteiger partial charge in [-0.25, -0.2) is 4.98 Å². The van der Waals surface area contributed by atoms with Crippen LogP contribution in [-0.4, -0.2) is 40.3 Å². The number of H-pyrrole nitrogens is 1. The molecule has 19 heavy (non-hydrogen) atoms. The van der Waals surface area contributed by atoms with E-state index in [2.05, 4.69) is 14.9 Å². The molecule has 0 spiro atoms. The van der Waals surface area contributed by atoms with Gasteiger partial charge in [0.1, 0.15) is 5.82 Å². The van der Waals surface area contributed by atoms with Crippen LogP contribution < -0.4 is 0 Å². The van der Waals surface area contributed by atoms with Gasteiger partial charge in [-0.15, -0.1) is 0 Å². The summed E-state index contributed by atoms with van der Waals surface area (Å²) >= 11 is 0. The summed E-state index contributed by atoms with van der Waals surface area (Å²) in [6, 6.07) is 5.72. The number of carbonyl (C=O) groups is 1. The van der Waals surface area contributed by atoms with E-state index in [9.17, 15) is 4.79 Å². The van der Waals surface area contributed by atoms with Crippen molar-refractivity contribution in [1.29, 1.82) is 0 Å². The van der Waals surface area contributed by atoms with Crippen molar-refractivity contribution in [1.82, 2.24) is 14.9 Å². The quantitative estimate of drug-likeness (QED) is 0.856. The molecule has 4 heteroatoms. The maximum Gasteiger partial charge on any atom is 0.164 e. The molecule has 0 amide bonds. The fraction of sp³-hybridized carbons (Fsp3) is 0.467. The van der Waals surface area contributed by atoms with Gasteiger partial charge >= 0.3 is 0 Å². The molecule has 3 rings (SSSR count). The lowest BCUT2D eigenvalue weighted by molar-refractivity contribution is 0.0969. The molecule has 2 heterocycles. The molecular weight excluding hydrogens is 238 g/mol. The monoisotopic (exact) mass is 257 g/mol. The topological polar surface area (TPSA) is 49.0 Å². The first-order valence-electron chi connectivity index (χ1n) is 6.94. The number of ketones is 1. The first-order valence-corrected chi connectivity index (χ1v) is 6.94. The molecule has 1 aliphatic heterocycles. The highest BCUT2D eigenvalue weighted by molar-refractivity contribution is 5.98. The molecule has 1 saturated heterocycles. The third-order valence-corrected chi connectivity index (χ3v) is 3.78. The second-order valence-corrected chi connectivity index (χ2v) is 5.28. The van der Waals surface area contributed by atoms with Crippen molar-refractivity contribution in [2.24, 2.45) is 0 Å². The molecule has 0 unspecified atom stereocenters. The largest absolute Gasteiger partial charge is 0.342 e. The molecule has 1 fully saturated rings. The summed E-state index contributed by atoms with van der Waals surface area (Å²) in [5, 5.41) is 0. The number of likely N-dealkylation sites (tertiary alicyclic amines) is 1. The van der Waals surface area contributed by atoms with Gasteiger partial charge in [0.15, 0.2) is 5.78 Å². The number of nitrogens with zero attached hydrogens (tertiary/aromatic N) is 2. The average Bonchev–Trinajstić information content (AvgIpc) is 3.02. The number of rotatable bonds is 4. The minimum atomic E-state index is 0.223. The molecule has 0 aliphatic carbocycles. The molecule has 1 aromatic carbocycles. The van der Waals surface area contributed by atoms with Gasteiger partial charge < -0.3 is 9.88 Å². The summed E-state index contributed by atoms with van der Waals surface area (Å²) in [6.07, 6.45) is 3.15. The Balaban J connectivity index is 1.69. The first-order chi connectivity index (χ1) is 9.22. The SMILES string of the molecule is Cc1nc2ccc(C(=O)CCN3CCCC3)cc2[nH]1. The highest BCUT2D eigenvalue weighted by atomic mass is 16.1. The zero-order valence-electron chi connectivity index (χ0n) is 11.3. The summed E-state index contributed by atoms with van der Waals surface area (Å²) in [7, 11) is 0. The van der Waals surface area contributed by atoms with Gasteiger partial charge in [-0.2, -0.15) is 0 Å². The highest BCUT2D eigenvalue weighted by Crippen LogP contribution is 2.15. The van der Waals surface area contributed by atoms with Gasteiger partial charge in [-0.3, -0.25) is 4.79 Å². The molecule has 2 aromatic rings. The Kier molecular flexibility index (Phi) is 3.34. The van der Waals surface area contributed by atoms with Crippen molar-refractivity contribution < 1.29 is 4.79 Å². The minimum absolute atomic E-state index is 0.223. The van der Waals surface area contributed by atoms with Crippen LogP contribution in [0.15, 0.2) is 18.2 Å². The Morgan fingerprint density at radius 3 is 2.95 bits per heavy atom. The van der Waals surface area contributed by atoms with Gasteiger partial charge in [-0.05, 0) is 51.1 Å². The van der Waals surface area contributed by atoms with E-state index in [1.54, 1.807) is 0 Å². The Hall–Kier alpha value is -1.68. The van der Waals surface area contributed by atoms with E-state index in [1.807, 2.05) is 25.1 Å². The van der Waals surface area contributed by atoms with Crippen molar-refractivity contribution in [2.75, 3.05) is 19.6 Å². The molecular formula is C15H19N3O. The molecule has 1 aromatic heterocycles. The number of carbonyl (C=O) groups excluding carboxylic acids is 1. The molecule has 100 valence electrons. The van der Waals surface area contributed by atoms with Crippen molar-refractivity contribution >= 4 is 16.8 Å². The van der Waals surface area contributed by atoms with Gasteiger partial charge in [-0.1, -0.05) is 0 Å². The summed E-state index contributed by atoms with van der Waals surface area (Å²) in [5.41, 5.74) is 2.66. The molecule has 0 radical (unpaired) electrons. The lowest BCUT2D eigenvalue weighted by Gasteiger charge is -2.13. The lowest BCUT2D eigenvalue weighted by atomic mass is 10.1. The predicted molar refractivity (Wildman–Crippen MR) is 75.5 cm³/mol. The lowest BCUT2D eigenvalue weighted by Crippen LogP contribution is -2.22. The van der Waals surface area contributed by atoms with Gasteiger partial charge in [0.25, 0.3) is 0 Å². The molecule has 1 aliphatic rings. The zero-order chi connectivity index (χ0) is 13.2. The van der Waals surface area contributed by atoms with Crippen molar-refractivity contribution in [3.05, 3.63) is 29.6 Å². The second-order valence-electron chi connectivity index (χ2n) is 5.28. The smallest absolute Gasteiger partial charge is 0.164 e. The van der Waals surface area contributed by atoms with Gasteiger partial charge in [0, 0.05) is 18.5 Å². The summed E-state index contributed by atoms with van der Waals surface area (Å²) in [6.45, 7) is 5.10. The Morgan fingerprint density at radius 2 is 2.16 bits per heavy atom. The summed E-state index contributed by atoms with van der Waals surface area (Å²) in [4.78, 5) is 22.1. The van der Waals surface area contributed by atoms with Crippen molar-refractivity contribution in [3.8, 4) is 0 Å². The van der Waals surface area contributed by atoms with E-state index in [0.29, 0.717) is 6.42 Å². The number of hydrogen-bond acceptors (Lipinski definition) is 3. The van der Waals surface area contributed by atoms with Crippen LogP contribution in [0.4, 0.5) is 0 Å². The molecule has 0 atom stereocenters. The number of imidazole rings is 1. The zero-order valence-corrected chi connectivity index (χ0v) is 11.3. The molecule has 1 N–H and O–H groups in total. The van der Waals surface area contributed by atoms with Crippen LogP contribution in [0.1, 0.15) is 35.4 Å². The number of benzene rings is 1. The van der Waals surface area contributed by atoms with Crippen LogP contribution in [0, 0.1) is 6.92 Å². The predicted octanol–water partition coefficient (Wildman–Crippen LogP) is 2.54. The highest BCUT2D eigenvalue weighted by Gasteiger charge is 2.14. The number of fused-ring (bicyclic) bond motifs is 1. The minimum Gasteiger partial charge on any atom is -0.342 e. The van der Waals surface area contributed by atoms with Crippen LogP contribution in [-0.2, 0) is 0 Å². The van der Waals surface area contributed by atoms with E-state index in [-0.39, 0.29) is 5.78 Å². The van der Waals surface area contributed by atoms with E-state index < -0.39 is 0 Å². The fourth-order valence-electron chi connectivity index (χ4n) is 2.72. The van der Waals surface area contributed by atoms with Crippen molar-refractivity contribution in [3.63, 3.8) is 0 Å². The Morgan fingerprint density at radius 1 is 1.37 bits per heavy atom. The standard InChI is InChI=1S/C15H19N3O/c1-11-16-13-5-4-12(10-14(13)17-11)15(19)6-9-18-7-2-3-8-18/h4-5,10H,2-3,6-9H2,1H3,(H,16,17). The van der Waals surface area contributed by atoms with Crippen LogP contribution in [0.2, 0.25) is 0 Å². The van der Waals surface area contributed by atoms with Gasteiger partial charge in [0.05, 0.1) is 11.0 Å². The summed E-state index contributed by atoms with van der Waals surface area (Å²) in [5.74, 6) is 1.11. The maximum absolute atomic E-state index is 12.2. The third-order valence-electron chi connectivity index (χ3n) is 3.78. The molecule has 4 nitrogen and oxygen atoms in total. The second kappa shape index (κ2) is 5.13. The molecule has 0 saturated carbocycles. The average molecular weight is 257 g/mol. The number of hydrogen-bond donors (Lipinski definition) is 1. The van der Waals surface area contributed by atoms with Crippen LogP contribution in [0.3, 0.4) is 0 Å². The van der Waals surface area contributed by atoms with Crippen molar-refractivity contribution in [2.45, 2.75) is 26.2 Å². The van der Waals surface area contributed by atoms with Crippen LogP contribution in [0.25, 0.3) is 11.0 Å². The normalized spacial score (nSPS) is 16.3. The maximum atomic E-state index is 12.2. The van der Waals surface area contributed by atoms with E-state index in [1.165, 1.54) is 12.8 Å². The third kappa shape index (κ3) is 2.68. The van der Waals surface area contributed by atoms with E-state index >= 15 is 0 Å². The number of aryl methyl sites for hydroxylation is 1. The Bertz CT molecular complexity index is 596.